The molecule has 1 aromatic carbocycles. The molecule has 1 unspecified atom stereocenters. The van der Waals surface area contributed by atoms with Crippen molar-refractivity contribution in [2.24, 2.45) is 0 Å². The molecule has 0 saturated heterocycles. The van der Waals surface area contributed by atoms with Gasteiger partial charge < -0.3 is 10.1 Å². The Balaban J connectivity index is 2.24. The maximum absolute atomic E-state index is 6.08. The van der Waals surface area contributed by atoms with Gasteiger partial charge in [0.25, 0.3) is 0 Å². The van der Waals surface area contributed by atoms with Gasteiger partial charge >= 0.3 is 6.01 Å². The number of anilines is 1. The lowest BCUT2D eigenvalue weighted by atomic mass is 10.0. The monoisotopic (exact) mass is 277 g/mol. The number of halogens is 1. The molecule has 2 aromatic rings. The van der Waals surface area contributed by atoms with Gasteiger partial charge in [0, 0.05) is 0 Å². The zero-order chi connectivity index (χ0) is 13.8. The Morgan fingerprint density at radius 1 is 1.32 bits per heavy atom. The summed E-state index contributed by atoms with van der Waals surface area (Å²) in [4.78, 5) is 8.16. The molecule has 0 aliphatic carbocycles. The molecule has 1 N–H and O–H groups in total. The van der Waals surface area contributed by atoms with Gasteiger partial charge in [-0.15, -0.1) is 0 Å². The Hall–Kier alpha value is -1.81. The molecule has 5 heteroatoms. The predicted molar refractivity (Wildman–Crippen MR) is 76.8 cm³/mol. The summed E-state index contributed by atoms with van der Waals surface area (Å²) >= 11 is 6.08. The number of hydrogen-bond acceptors (Lipinski definition) is 4. The van der Waals surface area contributed by atoms with Gasteiger partial charge in [0.15, 0.2) is 5.82 Å². The highest BCUT2D eigenvalue weighted by Gasteiger charge is 2.12. The Labute approximate surface area is 117 Å². The second kappa shape index (κ2) is 5.89. The van der Waals surface area contributed by atoms with Crippen molar-refractivity contribution in [3.63, 3.8) is 0 Å². The molecule has 0 saturated carbocycles. The minimum absolute atomic E-state index is 0.0957. The van der Waals surface area contributed by atoms with Gasteiger partial charge in [0.05, 0.1) is 19.3 Å². The summed E-state index contributed by atoms with van der Waals surface area (Å²) < 4.78 is 5.00. The highest BCUT2D eigenvalue weighted by molar-refractivity contribution is 6.32. The molecule has 1 atom stereocenters. The summed E-state index contributed by atoms with van der Waals surface area (Å²) in [7, 11) is 1.53. The Morgan fingerprint density at radius 2 is 2.05 bits per heavy atom. The standard InChI is InChI=1S/C14H16ClN3O/c1-9-6-4-5-7-11(9)10(2)17-13-12(15)8-16-14(18-13)19-3/h4-8,10H,1-3H3,(H,16,17,18). The first-order valence-electron chi connectivity index (χ1n) is 6.00. The fourth-order valence-corrected chi connectivity index (χ4v) is 2.05. The largest absolute Gasteiger partial charge is 0.467 e. The minimum Gasteiger partial charge on any atom is -0.467 e. The van der Waals surface area contributed by atoms with Crippen molar-refractivity contribution >= 4 is 17.4 Å². The highest BCUT2D eigenvalue weighted by Crippen LogP contribution is 2.26. The van der Waals surface area contributed by atoms with Crippen LogP contribution in [0.3, 0.4) is 0 Å². The maximum Gasteiger partial charge on any atom is 0.318 e. The van der Waals surface area contributed by atoms with E-state index in [9.17, 15) is 0 Å². The van der Waals surface area contributed by atoms with Gasteiger partial charge in [0.2, 0.25) is 0 Å². The van der Waals surface area contributed by atoms with E-state index in [4.69, 9.17) is 16.3 Å². The number of hydrogen-bond donors (Lipinski definition) is 1. The quantitative estimate of drug-likeness (QED) is 0.927. The normalized spacial score (nSPS) is 12.0. The third-order valence-electron chi connectivity index (χ3n) is 2.91. The molecular formula is C14H16ClN3O. The summed E-state index contributed by atoms with van der Waals surface area (Å²) in [6.07, 6.45) is 1.53. The van der Waals surface area contributed by atoms with Crippen molar-refractivity contribution in [3.05, 3.63) is 46.6 Å². The zero-order valence-electron chi connectivity index (χ0n) is 11.1. The van der Waals surface area contributed by atoms with Crippen LogP contribution in [0.2, 0.25) is 5.02 Å². The van der Waals surface area contributed by atoms with Gasteiger partial charge in [-0.1, -0.05) is 35.9 Å². The van der Waals surface area contributed by atoms with Crippen LogP contribution in [-0.2, 0) is 0 Å². The van der Waals surface area contributed by atoms with E-state index in [2.05, 4.69) is 41.3 Å². The number of nitrogens with one attached hydrogen (secondary N) is 1. The van der Waals surface area contributed by atoms with Crippen molar-refractivity contribution in [1.29, 1.82) is 0 Å². The Kier molecular flexibility index (Phi) is 4.22. The van der Waals surface area contributed by atoms with Crippen molar-refractivity contribution in [2.45, 2.75) is 19.9 Å². The molecular weight excluding hydrogens is 262 g/mol. The first-order valence-corrected chi connectivity index (χ1v) is 6.38. The van der Waals surface area contributed by atoms with Crippen LogP contribution in [0.15, 0.2) is 30.5 Å². The van der Waals surface area contributed by atoms with Crippen LogP contribution in [0.1, 0.15) is 24.1 Å². The molecule has 1 heterocycles. The number of aryl methyl sites for hydroxylation is 1. The lowest BCUT2D eigenvalue weighted by molar-refractivity contribution is 0.380. The van der Waals surface area contributed by atoms with Gasteiger partial charge in [-0.25, -0.2) is 4.98 Å². The smallest absolute Gasteiger partial charge is 0.318 e. The number of rotatable bonds is 4. The summed E-state index contributed by atoms with van der Waals surface area (Å²) in [5.74, 6) is 0.573. The highest BCUT2D eigenvalue weighted by atomic mass is 35.5. The first-order chi connectivity index (χ1) is 9.11. The van der Waals surface area contributed by atoms with Crippen molar-refractivity contribution in [3.8, 4) is 6.01 Å². The summed E-state index contributed by atoms with van der Waals surface area (Å²) in [5.41, 5.74) is 2.43. The molecule has 0 bridgehead atoms. The molecule has 1 aromatic heterocycles. The third-order valence-corrected chi connectivity index (χ3v) is 3.19. The molecule has 4 nitrogen and oxygen atoms in total. The van der Waals surface area contributed by atoms with Crippen molar-refractivity contribution < 1.29 is 4.74 Å². The van der Waals surface area contributed by atoms with Gasteiger partial charge in [-0.3, -0.25) is 0 Å². The van der Waals surface area contributed by atoms with Crippen molar-refractivity contribution in [2.75, 3.05) is 12.4 Å². The molecule has 0 amide bonds. The van der Waals surface area contributed by atoms with Crippen LogP contribution in [0.4, 0.5) is 5.82 Å². The van der Waals surface area contributed by atoms with Crippen molar-refractivity contribution in [1.82, 2.24) is 9.97 Å². The van der Waals surface area contributed by atoms with E-state index in [1.807, 2.05) is 12.1 Å². The summed E-state index contributed by atoms with van der Waals surface area (Å²) in [6.45, 7) is 4.14. The van der Waals surface area contributed by atoms with Crippen LogP contribution in [0, 0.1) is 6.92 Å². The molecule has 0 aliphatic heterocycles. The second-order valence-electron chi connectivity index (χ2n) is 4.28. The fraction of sp³-hybridized carbons (Fsp3) is 0.286. The van der Waals surface area contributed by atoms with E-state index in [1.54, 1.807) is 0 Å². The zero-order valence-corrected chi connectivity index (χ0v) is 11.9. The van der Waals surface area contributed by atoms with E-state index in [-0.39, 0.29) is 6.04 Å². The molecule has 19 heavy (non-hydrogen) atoms. The number of aromatic nitrogens is 2. The minimum atomic E-state index is 0.0957. The Bertz CT molecular complexity index is 574. The number of ether oxygens (including phenoxy) is 1. The lowest BCUT2D eigenvalue weighted by Crippen LogP contribution is -2.10. The average Bonchev–Trinajstić information content (AvgIpc) is 2.41. The van der Waals surface area contributed by atoms with E-state index >= 15 is 0 Å². The van der Waals surface area contributed by atoms with Crippen LogP contribution < -0.4 is 10.1 Å². The van der Waals surface area contributed by atoms with Crippen LogP contribution in [0.25, 0.3) is 0 Å². The molecule has 100 valence electrons. The Morgan fingerprint density at radius 3 is 2.74 bits per heavy atom. The SMILES string of the molecule is COc1ncc(Cl)c(NC(C)c2ccccc2C)n1. The van der Waals surface area contributed by atoms with Crippen LogP contribution in [-0.4, -0.2) is 17.1 Å². The number of nitrogens with zero attached hydrogens (tertiary/aromatic N) is 2. The van der Waals surface area contributed by atoms with Gasteiger partial charge in [-0.2, -0.15) is 4.98 Å². The molecule has 0 fully saturated rings. The molecule has 0 spiro atoms. The number of methoxy groups -OCH3 is 1. The summed E-state index contributed by atoms with van der Waals surface area (Å²) in [5, 5.41) is 3.75. The van der Waals surface area contributed by atoms with Gasteiger partial charge in [0.1, 0.15) is 5.02 Å². The third kappa shape index (κ3) is 3.15. The van der Waals surface area contributed by atoms with E-state index in [0.29, 0.717) is 16.9 Å². The van der Waals surface area contributed by atoms with Crippen LogP contribution in [0.5, 0.6) is 6.01 Å². The predicted octanol–water partition coefficient (Wildman–Crippen LogP) is 3.62. The lowest BCUT2D eigenvalue weighted by Gasteiger charge is -2.17. The maximum atomic E-state index is 6.08. The second-order valence-corrected chi connectivity index (χ2v) is 4.68. The average molecular weight is 278 g/mol. The van der Waals surface area contributed by atoms with E-state index in [1.165, 1.54) is 24.4 Å². The molecule has 0 radical (unpaired) electrons. The molecule has 0 aliphatic rings. The molecule has 2 rings (SSSR count). The fourth-order valence-electron chi connectivity index (χ4n) is 1.91. The van der Waals surface area contributed by atoms with E-state index in [0.717, 1.165) is 0 Å². The topological polar surface area (TPSA) is 47.0 Å². The summed E-state index contributed by atoms with van der Waals surface area (Å²) in [6, 6.07) is 8.59. The van der Waals surface area contributed by atoms with E-state index < -0.39 is 0 Å². The van der Waals surface area contributed by atoms with Crippen LogP contribution >= 0.6 is 11.6 Å². The number of benzene rings is 1. The first kappa shape index (κ1) is 13.6. The van der Waals surface area contributed by atoms with Gasteiger partial charge in [-0.05, 0) is 25.0 Å².